The van der Waals surface area contributed by atoms with Gasteiger partial charge in [0.25, 0.3) is 0 Å². The van der Waals surface area contributed by atoms with Crippen molar-refractivity contribution in [3.05, 3.63) is 11.5 Å². The number of rotatable bonds is 10. The molecule has 7 heteroatoms. The van der Waals surface area contributed by atoms with Gasteiger partial charge >= 0.3 is 0 Å². The first kappa shape index (κ1) is 19.0. The minimum Gasteiger partial charge on any atom is -0.384 e. The lowest BCUT2D eigenvalue weighted by Gasteiger charge is -2.26. The average molecular weight is 361 g/mol. The van der Waals surface area contributed by atoms with E-state index in [-0.39, 0.29) is 0 Å². The highest BCUT2D eigenvalue weighted by Gasteiger charge is 2.13. The van der Waals surface area contributed by atoms with Crippen LogP contribution >= 0.6 is 0 Å². The number of anilines is 1. The predicted octanol–water partition coefficient (Wildman–Crippen LogP) is 2.71. The Morgan fingerprint density at radius 3 is 2.65 bits per heavy atom. The molecule has 2 aromatic heterocycles. The summed E-state index contributed by atoms with van der Waals surface area (Å²) in [6.07, 6.45) is 10.7. The Kier molecular flexibility index (Phi) is 7.20. The monoisotopic (exact) mass is 360 g/mol. The van der Waals surface area contributed by atoms with E-state index in [2.05, 4.69) is 25.1 Å². The minimum atomic E-state index is 0.474. The fourth-order valence-electron chi connectivity index (χ4n) is 3.67. The maximum absolute atomic E-state index is 6.04. The topological polar surface area (TPSA) is 92.9 Å². The summed E-state index contributed by atoms with van der Waals surface area (Å²) < 4.78 is 5.11. The summed E-state index contributed by atoms with van der Waals surface area (Å²) in [5.74, 6) is 1.20. The Labute approximate surface area is 155 Å². The van der Waals surface area contributed by atoms with E-state index in [1.54, 1.807) is 7.11 Å². The number of fused-ring (bicyclic) bond motifs is 1. The van der Waals surface area contributed by atoms with E-state index in [1.807, 2.05) is 0 Å². The second-order valence-corrected chi connectivity index (χ2v) is 7.23. The Morgan fingerprint density at radius 2 is 1.85 bits per heavy atom. The Hall–Kier alpha value is -1.73. The maximum atomic E-state index is 6.04. The van der Waals surface area contributed by atoms with Gasteiger partial charge in [-0.2, -0.15) is 5.10 Å². The summed E-state index contributed by atoms with van der Waals surface area (Å²) in [6.45, 7) is 4.45. The summed E-state index contributed by atoms with van der Waals surface area (Å²) in [4.78, 5) is 11.6. The zero-order valence-electron chi connectivity index (χ0n) is 16.0. The number of methoxy groups -OCH3 is 1. The summed E-state index contributed by atoms with van der Waals surface area (Å²) in [5, 5.41) is 7.42. The number of hydrogen-bond acceptors (Lipinski definition) is 6. The number of nitrogens with zero attached hydrogens (tertiary/aromatic N) is 4. The van der Waals surface area contributed by atoms with Gasteiger partial charge in [0.1, 0.15) is 16.9 Å². The number of piperidine rings is 1. The molecular formula is C19H32N6O. The van der Waals surface area contributed by atoms with Crippen LogP contribution in [-0.2, 0) is 17.6 Å². The normalized spacial score (nSPS) is 15.7. The molecule has 0 spiro atoms. The molecule has 3 N–H and O–H groups in total. The van der Waals surface area contributed by atoms with Crippen LogP contribution in [-0.4, -0.2) is 58.4 Å². The van der Waals surface area contributed by atoms with Gasteiger partial charge in [0.15, 0.2) is 5.82 Å². The third-order valence-corrected chi connectivity index (χ3v) is 5.18. The third kappa shape index (κ3) is 5.14. The number of unbranched alkanes of at least 4 members (excludes halogenated alkanes) is 3. The van der Waals surface area contributed by atoms with Gasteiger partial charge in [-0.15, -0.1) is 0 Å². The van der Waals surface area contributed by atoms with Crippen molar-refractivity contribution >= 4 is 16.9 Å². The van der Waals surface area contributed by atoms with Crippen molar-refractivity contribution in [3.8, 4) is 0 Å². The number of aromatic amines is 1. The number of nitrogens with one attached hydrogen (secondary N) is 1. The third-order valence-electron chi connectivity index (χ3n) is 5.18. The van der Waals surface area contributed by atoms with Gasteiger partial charge in [0, 0.05) is 13.5 Å². The number of hydrogen-bond donors (Lipinski definition) is 2. The predicted molar refractivity (Wildman–Crippen MR) is 104 cm³/mol. The molecule has 144 valence electrons. The summed E-state index contributed by atoms with van der Waals surface area (Å²) in [6, 6.07) is 0. The smallest absolute Gasteiger partial charge is 0.153 e. The molecule has 0 aliphatic carbocycles. The quantitative estimate of drug-likeness (QED) is 0.633. The molecule has 7 nitrogen and oxygen atoms in total. The largest absolute Gasteiger partial charge is 0.384 e. The fraction of sp³-hybridized carbons (Fsp3) is 0.737. The van der Waals surface area contributed by atoms with Gasteiger partial charge in [0.05, 0.1) is 12.3 Å². The molecule has 0 bridgehead atoms. The van der Waals surface area contributed by atoms with E-state index >= 15 is 0 Å². The van der Waals surface area contributed by atoms with E-state index in [9.17, 15) is 0 Å². The first-order valence-corrected chi connectivity index (χ1v) is 9.98. The van der Waals surface area contributed by atoms with E-state index < -0.39 is 0 Å². The minimum absolute atomic E-state index is 0.474. The van der Waals surface area contributed by atoms with Crippen molar-refractivity contribution in [3.63, 3.8) is 0 Å². The highest BCUT2D eigenvalue weighted by atomic mass is 16.5. The lowest BCUT2D eigenvalue weighted by molar-refractivity contribution is 0.200. The zero-order chi connectivity index (χ0) is 18.2. The summed E-state index contributed by atoms with van der Waals surface area (Å²) in [7, 11) is 1.68. The average Bonchev–Trinajstić information content (AvgIpc) is 3.07. The lowest BCUT2D eigenvalue weighted by Crippen LogP contribution is -2.30. The first-order valence-electron chi connectivity index (χ1n) is 9.98. The molecule has 26 heavy (non-hydrogen) atoms. The molecule has 0 amide bonds. The summed E-state index contributed by atoms with van der Waals surface area (Å²) in [5.41, 5.74) is 8.67. The fourth-order valence-corrected chi connectivity index (χ4v) is 3.67. The van der Waals surface area contributed by atoms with Gasteiger partial charge in [-0.1, -0.05) is 19.3 Å². The molecule has 0 saturated carbocycles. The number of aromatic nitrogens is 4. The lowest BCUT2D eigenvalue weighted by atomic mass is 10.1. The molecule has 1 fully saturated rings. The highest BCUT2D eigenvalue weighted by Crippen LogP contribution is 2.20. The van der Waals surface area contributed by atoms with Gasteiger partial charge in [-0.05, 0) is 51.7 Å². The SMILES string of the molecule is COCCc1nc(N)c2[nH]nc(CCCCCCN3CCCCC3)c2n1. The van der Waals surface area contributed by atoms with Crippen LogP contribution in [0.3, 0.4) is 0 Å². The number of H-pyrrole nitrogens is 1. The molecule has 0 aromatic carbocycles. The Bertz CT molecular complexity index is 680. The number of nitrogen functional groups attached to an aromatic ring is 1. The van der Waals surface area contributed by atoms with Gasteiger partial charge < -0.3 is 15.4 Å². The van der Waals surface area contributed by atoms with Gasteiger partial charge in [-0.3, -0.25) is 5.10 Å². The van der Waals surface area contributed by atoms with Crippen molar-refractivity contribution < 1.29 is 4.74 Å². The van der Waals surface area contributed by atoms with Gasteiger partial charge in [-0.25, -0.2) is 9.97 Å². The maximum Gasteiger partial charge on any atom is 0.153 e. The van der Waals surface area contributed by atoms with Crippen LogP contribution in [0.25, 0.3) is 11.0 Å². The molecule has 3 rings (SSSR count). The molecule has 3 heterocycles. The first-order chi connectivity index (χ1) is 12.8. The van der Waals surface area contributed by atoms with E-state index in [0.29, 0.717) is 18.8 Å². The Balaban J connectivity index is 1.45. The van der Waals surface area contributed by atoms with Gasteiger partial charge in [0.2, 0.25) is 0 Å². The molecule has 1 aliphatic heterocycles. The van der Waals surface area contributed by atoms with Crippen molar-refractivity contribution in [1.29, 1.82) is 0 Å². The van der Waals surface area contributed by atoms with E-state index in [0.717, 1.165) is 35.4 Å². The van der Waals surface area contributed by atoms with Crippen LogP contribution < -0.4 is 5.73 Å². The molecule has 1 aliphatic rings. The molecule has 0 atom stereocenters. The second kappa shape index (κ2) is 9.83. The standard InChI is InChI=1S/C19H32N6O/c1-26-14-10-16-21-17-15(23-24-18(17)19(20)22-16)9-5-2-3-6-11-25-12-7-4-8-13-25/h2-14H2,1H3,(H,23,24)(H2,20,21,22). The van der Waals surface area contributed by atoms with Crippen LogP contribution in [0, 0.1) is 0 Å². The number of nitrogens with two attached hydrogens (primary N) is 1. The van der Waals surface area contributed by atoms with Crippen LogP contribution in [0.15, 0.2) is 0 Å². The van der Waals surface area contributed by atoms with Crippen LogP contribution in [0.1, 0.15) is 56.5 Å². The highest BCUT2D eigenvalue weighted by molar-refractivity contribution is 5.85. The number of ether oxygens (including phenoxy) is 1. The molecular weight excluding hydrogens is 328 g/mol. The van der Waals surface area contributed by atoms with Crippen molar-refractivity contribution in [2.45, 2.75) is 57.8 Å². The van der Waals surface area contributed by atoms with Crippen LogP contribution in [0.4, 0.5) is 5.82 Å². The zero-order valence-corrected chi connectivity index (χ0v) is 16.0. The van der Waals surface area contributed by atoms with E-state index in [4.69, 9.17) is 10.5 Å². The second-order valence-electron chi connectivity index (χ2n) is 7.23. The van der Waals surface area contributed by atoms with Crippen molar-refractivity contribution in [2.24, 2.45) is 0 Å². The van der Waals surface area contributed by atoms with Crippen molar-refractivity contribution in [1.82, 2.24) is 25.1 Å². The molecule has 0 unspecified atom stereocenters. The number of likely N-dealkylation sites (tertiary alicyclic amines) is 1. The summed E-state index contributed by atoms with van der Waals surface area (Å²) >= 11 is 0. The van der Waals surface area contributed by atoms with Crippen LogP contribution in [0.5, 0.6) is 0 Å². The Morgan fingerprint density at radius 1 is 1.04 bits per heavy atom. The molecule has 0 radical (unpaired) electrons. The van der Waals surface area contributed by atoms with Crippen LogP contribution in [0.2, 0.25) is 0 Å². The van der Waals surface area contributed by atoms with Crippen molar-refractivity contribution in [2.75, 3.05) is 39.1 Å². The van der Waals surface area contributed by atoms with E-state index in [1.165, 1.54) is 58.2 Å². The molecule has 2 aromatic rings. The molecule has 1 saturated heterocycles. The number of aryl methyl sites for hydroxylation is 1.